The summed E-state index contributed by atoms with van der Waals surface area (Å²) in [6, 6.07) is 15.4. The van der Waals surface area contributed by atoms with Crippen LogP contribution in [0.4, 0.5) is 10.5 Å². The van der Waals surface area contributed by atoms with Gasteiger partial charge in [-0.25, -0.2) is 4.79 Å². The van der Waals surface area contributed by atoms with Crippen molar-refractivity contribution in [2.75, 3.05) is 24.5 Å². The van der Waals surface area contributed by atoms with E-state index in [1.54, 1.807) is 4.90 Å². The van der Waals surface area contributed by atoms with E-state index in [9.17, 15) is 9.59 Å². The van der Waals surface area contributed by atoms with E-state index in [0.29, 0.717) is 25.2 Å². The molecular formula is C21H23N3O2. The van der Waals surface area contributed by atoms with Crippen LogP contribution in [-0.4, -0.2) is 36.5 Å². The number of hydrogen-bond acceptors (Lipinski definition) is 2. The van der Waals surface area contributed by atoms with Gasteiger partial charge in [-0.3, -0.25) is 4.79 Å². The van der Waals surface area contributed by atoms with Gasteiger partial charge < -0.3 is 15.5 Å². The smallest absolute Gasteiger partial charge is 0.314 e. The molecule has 0 bridgehead atoms. The summed E-state index contributed by atoms with van der Waals surface area (Å²) >= 11 is 0. The molecule has 0 aromatic heterocycles. The van der Waals surface area contributed by atoms with Gasteiger partial charge in [0.15, 0.2) is 0 Å². The molecule has 2 aliphatic rings. The van der Waals surface area contributed by atoms with Crippen LogP contribution in [0.25, 0.3) is 0 Å². The zero-order valence-corrected chi connectivity index (χ0v) is 14.9. The van der Waals surface area contributed by atoms with Crippen LogP contribution in [-0.2, 0) is 5.41 Å². The van der Waals surface area contributed by atoms with Crippen molar-refractivity contribution in [2.45, 2.75) is 25.2 Å². The van der Waals surface area contributed by atoms with Crippen LogP contribution in [0.3, 0.4) is 0 Å². The largest absolute Gasteiger partial charge is 0.351 e. The van der Waals surface area contributed by atoms with E-state index in [0.717, 1.165) is 18.5 Å². The SMILES string of the molecule is Cc1ccc2c(c1)C1(CCN(C(N)=O)CC1)CN2C(=O)c1ccccc1. The van der Waals surface area contributed by atoms with Crippen molar-refractivity contribution in [3.63, 3.8) is 0 Å². The predicted molar refractivity (Wildman–Crippen MR) is 101 cm³/mol. The third-order valence-corrected chi connectivity index (χ3v) is 5.77. The van der Waals surface area contributed by atoms with Gasteiger partial charge in [0.2, 0.25) is 0 Å². The third kappa shape index (κ3) is 2.64. The maximum atomic E-state index is 13.1. The van der Waals surface area contributed by atoms with Gasteiger partial charge in [0.1, 0.15) is 0 Å². The molecule has 2 aromatic rings. The standard InChI is InChI=1S/C21H23N3O2/c1-15-7-8-18-17(13-15)21(9-11-23(12-10-21)20(22)26)14-24(18)19(25)16-5-3-2-4-6-16/h2-8,13H,9-12,14H2,1H3,(H2,22,26). The van der Waals surface area contributed by atoms with Crippen molar-refractivity contribution in [1.82, 2.24) is 4.90 Å². The lowest BCUT2D eigenvalue weighted by molar-refractivity contribution is 0.0978. The van der Waals surface area contributed by atoms with E-state index in [2.05, 4.69) is 25.1 Å². The molecule has 0 unspecified atom stereocenters. The van der Waals surface area contributed by atoms with Crippen molar-refractivity contribution in [3.05, 3.63) is 65.2 Å². The Morgan fingerprint density at radius 3 is 2.38 bits per heavy atom. The summed E-state index contributed by atoms with van der Waals surface area (Å²) in [6.07, 6.45) is 1.65. The summed E-state index contributed by atoms with van der Waals surface area (Å²) in [7, 11) is 0. The number of anilines is 1. The number of rotatable bonds is 1. The van der Waals surface area contributed by atoms with Crippen molar-refractivity contribution in [1.29, 1.82) is 0 Å². The molecule has 5 heteroatoms. The second kappa shape index (κ2) is 6.16. The summed E-state index contributed by atoms with van der Waals surface area (Å²) in [4.78, 5) is 28.2. The topological polar surface area (TPSA) is 66.6 Å². The van der Waals surface area contributed by atoms with E-state index >= 15 is 0 Å². The highest BCUT2D eigenvalue weighted by Gasteiger charge is 2.46. The molecule has 134 valence electrons. The van der Waals surface area contributed by atoms with E-state index in [1.807, 2.05) is 35.2 Å². The van der Waals surface area contributed by atoms with Gasteiger partial charge in [0.25, 0.3) is 5.91 Å². The number of benzene rings is 2. The zero-order chi connectivity index (χ0) is 18.3. The second-order valence-electron chi connectivity index (χ2n) is 7.38. The lowest BCUT2D eigenvalue weighted by Crippen LogP contribution is -2.49. The number of carbonyl (C=O) groups is 2. The fraction of sp³-hybridized carbons (Fsp3) is 0.333. The van der Waals surface area contributed by atoms with Crippen molar-refractivity contribution in [3.8, 4) is 0 Å². The summed E-state index contributed by atoms with van der Waals surface area (Å²) in [6.45, 7) is 4.01. The Kier molecular flexibility index (Phi) is 3.94. The molecule has 1 saturated heterocycles. The fourth-order valence-corrected chi connectivity index (χ4v) is 4.28. The Hall–Kier alpha value is -2.82. The monoisotopic (exact) mass is 349 g/mol. The van der Waals surface area contributed by atoms with Gasteiger partial charge in [-0.15, -0.1) is 0 Å². The zero-order valence-electron chi connectivity index (χ0n) is 14.9. The molecule has 4 rings (SSSR count). The molecule has 0 radical (unpaired) electrons. The first-order valence-electron chi connectivity index (χ1n) is 9.03. The first-order valence-corrected chi connectivity index (χ1v) is 9.03. The molecular weight excluding hydrogens is 326 g/mol. The van der Waals surface area contributed by atoms with Gasteiger partial charge >= 0.3 is 6.03 Å². The number of fused-ring (bicyclic) bond motifs is 2. The van der Waals surface area contributed by atoms with Crippen LogP contribution in [0.5, 0.6) is 0 Å². The minimum Gasteiger partial charge on any atom is -0.351 e. The number of urea groups is 1. The van der Waals surface area contributed by atoms with Crippen LogP contribution in [0.15, 0.2) is 48.5 Å². The molecule has 2 N–H and O–H groups in total. The molecule has 26 heavy (non-hydrogen) atoms. The maximum Gasteiger partial charge on any atom is 0.314 e. The van der Waals surface area contributed by atoms with E-state index in [-0.39, 0.29) is 17.4 Å². The molecule has 1 fully saturated rings. The average molecular weight is 349 g/mol. The number of aryl methyl sites for hydroxylation is 1. The summed E-state index contributed by atoms with van der Waals surface area (Å²) < 4.78 is 0. The molecule has 3 amide bonds. The molecule has 2 aromatic carbocycles. The Balaban J connectivity index is 1.70. The lowest BCUT2D eigenvalue weighted by atomic mass is 9.74. The Labute approximate surface area is 153 Å². The first-order chi connectivity index (χ1) is 12.5. The number of primary amides is 1. The van der Waals surface area contributed by atoms with Crippen LogP contribution in [0, 0.1) is 6.92 Å². The van der Waals surface area contributed by atoms with E-state index in [1.165, 1.54) is 11.1 Å². The second-order valence-corrected chi connectivity index (χ2v) is 7.38. The Bertz CT molecular complexity index is 855. The Morgan fingerprint density at radius 2 is 1.73 bits per heavy atom. The molecule has 2 heterocycles. The number of carbonyl (C=O) groups excluding carboxylic acids is 2. The molecule has 1 spiro atoms. The highest BCUT2D eigenvalue weighted by molar-refractivity contribution is 6.07. The predicted octanol–water partition coefficient (Wildman–Crippen LogP) is 3.07. The number of likely N-dealkylation sites (tertiary alicyclic amines) is 1. The maximum absolute atomic E-state index is 13.1. The number of amides is 3. The highest BCUT2D eigenvalue weighted by Crippen LogP contribution is 2.47. The van der Waals surface area contributed by atoms with Crippen LogP contribution >= 0.6 is 0 Å². The average Bonchev–Trinajstić information content (AvgIpc) is 2.96. The van der Waals surface area contributed by atoms with Gasteiger partial charge in [-0.05, 0) is 43.5 Å². The number of nitrogens with zero attached hydrogens (tertiary/aromatic N) is 2. The molecule has 0 aliphatic carbocycles. The van der Waals surface area contributed by atoms with Gasteiger partial charge in [0, 0.05) is 36.3 Å². The summed E-state index contributed by atoms with van der Waals surface area (Å²) in [5.41, 5.74) is 9.46. The number of hydrogen-bond donors (Lipinski definition) is 1. The first kappa shape index (κ1) is 16.6. The van der Waals surface area contributed by atoms with Crippen LogP contribution in [0.2, 0.25) is 0 Å². The van der Waals surface area contributed by atoms with Crippen LogP contribution in [0.1, 0.15) is 34.3 Å². The molecule has 2 aliphatic heterocycles. The normalized spacial score (nSPS) is 18.0. The minimum atomic E-state index is -0.362. The fourth-order valence-electron chi connectivity index (χ4n) is 4.28. The summed E-state index contributed by atoms with van der Waals surface area (Å²) in [5.74, 6) is 0.0323. The molecule has 0 atom stereocenters. The molecule has 5 nitrogen and oxygen atoms in total. The number of nitrogens with two attached hydrogens (primary N) is 1. The van der Waals surface area contributed by atoms with Gasteiger partial charge in [-0.1, -0.05) is 35.9 Å². The van der Waals surface area contributed by atoms with Gasteiger partial charge in [0.05, 0.1) is 0 Å². The lowest BCUT2D eigenvalue weighted by Gasteiger charge is -2.39. The highest BCUT2D eigenvalue weighted by atomic mass is 16.2. The van der Waals surface area contributed by atoms with E-state index < -0.39 is 0 Å². The Morgan fingerprint density at radius 1 is 1.04 bits per heavy atom. The van der Waals surface area contributed by atoms with Crippen molar-refractivity contribution in [2.24, 2.45) is 5.73 Å². The summed E-state index contributed by atoms with van der Waals surface area (Å²) in [5, 5.41) is 0. The minimum absolute atomic E-state index is 0.0323. The van der Waals surface area contributed by atoms with Crippen molar-refractivity contribution < 1.29 is 9.59 Å². The third-order valence-electron chi connectivity index (χ3n) is 5.77. The van der Waals surface area contributed by atoms with Crippen LogP contribution < -0.4 is 10.6 Å². The number of piperidine rings is 1. The van der Waals surface area contributed by atoms with Gasteiger partial charge in [-0.2, -0.15) is 0 Å². The molecule has 0 saturated carbocycles. The van der Waals surface area contributed by atoms with E-state index in [4.69, 9.17) is 5.73 Å². The quantitative estimate of drug-likeness (QED) is 0.860. The van der Waals surface area contributed by atoms with Crippen molar-refractivity contribution >= 4 is 17.6 Å².